The fourth-order valence-electron chi connectivity index (χ4n) is 2.12. The van der Waals surface area contributed by atoms with Crippen molar-refractivity contribution in [2.75, 3.05) is 26.8 Å². The quantitative estimate of drug-likeness (QED) is 0.635. The third-order valence-electron chi connectivity index (χ3n) is 3.10. The van der Waals surface area contributed by atoms with Gasteiger partial charge in [0.15, 0.2) is 0 Å². The third-order valence-corrected chi connectivity index (χ3v) is 4.25. The topological polar surface area (TPSA) is 47.0 Å². The van der Waals surface area contributed by atoms with Gasteiger partial charge in [0, 0.05) is 32.5 Å². The molecule has 4 nitrogen and oxygen atoms in total. The first kappa shape index (κ1) is 16.5. The highest BCUT2D eigenvalue weighted by Gasteiger charge is 2.15. The predicted molar refractivity (Wildman–Crippen MR) is 80.9 cm³/mol. The molecule has 110 valence electrons. The molecule has 1 heterocycles. The van der Waals surface area contributed by atoms with Gasteiger partial charge in [-0.25, -0.2) is 0 Å². The third kappa shape index (κ3) is 6.45. The van der Waals surface area contributed by atoms with Gasteiger partial charge in [0.05, 0.1) is 6.61 Å². The predicted octanol–water partition coefficient (Wildman–Crippen LogP) is 3.00. The first-order chi connectivity index (χ1) is 9.31. The summed E-state index contributed by atoms with van der Waals surface area (Å²) in [4.78, 5) is 0. The minimum atomic E-state index is 0.614. The van der Waals surface area contributed by atoms with Crippen molar-refractivity contribution >= 4 is 11.3 Å². The van der Waals surface area contributed by atoms with E-state index < -0.39 is 0 Å². The fourth-order valence-corrected chi connectivity index (χ4v) is 3.13. The lowest BCUT2D eigenvalue weighted by Crippen LogP contribution is -2.21. The van der Waals surface area contributed by atoms with Crippen molar-refractivity contribution in [3.63, 3.8) is 0 Å². The second-order valence-corrected chi connectivity index (χ2v) is 5.89. The summed E-state index contributed by atoms with van der Waals surface area (Å²) in [6.45, 7) is 7.09. The molecule has 1 rings (SSSR count). The van der Waals surface area contributed by atoms with E-state index in [4.69, 9.17) is 4.74 Å². The van der Waals surface area contributed by atoms with Crippen LogP contribution in [0.5, 0.6) is 0 Å². The number of nitrogens with one attached hydrogen (secondary N) is 1. The van der Waals surface area contributed by atoms with Gasteiger partial charge < -0.3 is 10.1 Å². The smallest absolute Gasteiger partial charge is 0.120 e. The van der Waals surface area contributed by atoms with E-state index in [0.717, 1.165) is 31.1 Å². The molecule has 1 aromatic heterocycles. The van der Waals surface area contributed by atoms with Crippen LogP contribution in [0.3, 0.4) is 0 Å². The summed E-state index contributed by atoms with van der Waals surface area (Å²) in [6, 6.07) is 0. The lowest BCUT2D eigenvalue weighted by atomic mass is 9.99. The van der Waals surface area contributed by atoms with Gasteiger partial charge in [-0.3, -0.25) is 0 Å². The molecule has 0 aliphatic heterocycles. The Morgan fingerprint density at radius 2 is 1.89 bits per heavy atom. The second kappa shape index (κ2) is 10.3. The van der Waals surface area contributed by atoms with Crippen molar-refractivity contribution in [3.8, 4) is 0 Å². The number of hydrogen-bond donors (Lipinski definition) is 1. The molecule has 0 aromatic carbocycles. The molecule has 0 amide bonds. The summed E-state index contributed by atoms with van der Waals surface area (Å²) in [5, 5.41) is 14.4. The Kier molecular flexibility index (Phi) is 8.95. The van der Waals surface area contributed by atoms with Crippen LogP contribution in [-0.4, -0.2) is 37.0 Å². The summed E-state index contributed by atoms with van der Waals surface area (Å²) in [7, 11) is 1.72. The molecule has 5 heteroatoms. The van der Waals surface area contributed by atoms with E-state index in [0.29, 0.717) is 5.92 Å². The van der Waals surface area contributed by atoms with E-state index in [1.165, 1.54) is 30.7 Å². The van der Waals surface area contributed by atoms with Crippen molar-refractivity contribution < 1.29 is 4.74 Å². The van der Waals surface area contributed by atoms with Crippen LogP contribution in [0.2, 0.25) is 0 Å². The van der Waals surface area contributed by atoms with Crippen LogP contribution >= 0.6 is 11.3 Å². The monoisotopic (exact) mass is 285 g/mol. The van der Waals surface area contributed by atoms with Crippen LogP contribution in [0.15, 0.2) is 0 Å². The lowest BCUT2D eigenvalue weighted by Gasteiger charge is -2.10. The Morgan fingerprint density at radius 1 is 1.16 bits per heavy atom. The number of methoxy groups -OCH3 is 1. The van der Waals surface area contributed by atoms with Crippen LogP contribution in [0.25, 0.3) is 0 Å². The molecule has 0 fully saturated rings. The van der Waals surface area contributed by atoms with E-state index in [9.17, 15) is 0 Å². The van der Waals surface area contributed by atoms with E-state index in [1.807, 2.05) is 0 Å². The SMILES string of the molecule is CCCC(CCC)c1nnc(CCNCCOC)s1. The van der Waals surface area contributed by atoms with Crippen LogP contribution in [0.4, 0.5) is 0 Å². The summed E-state index contributed by atoms with van der Waals surface area (Å²) in [5.41, 5.74) is 0. The Hall–Kier alpha value is -0.520. The lowest BCUT2D eigenvalue weighted by molar-refractivity contribution is 0.199. The van der Waals surface area contributed by atoms with Gasteiger partial charge in [0.2, 0.25) is 0 Å². The average molecular weight is 285 g/mol. The number of nitrogens with zero attached hydrogens (tertiary/aromatic N) is 2. The van der Waals surface area contributed by atoms with E-state index in [1.54, 1.807) is 18.4 Å². The normalized spacial score (nSPS) is 11.4. The highest BCUT2D eigenvalue weighted by atomic mass is 32.1. The molecule has 0 atom stereocenters. The Morgan fingerprint density at radius 3 is 2.53 bits per heavy atom. The maximum absolute atomic E-state index is 5.00. The van der Waals surface area contributed by atoms with Gasteiger partial charge in [0.1, 0.15) is 10.0 Å². The van der Waals surface area contributed by atoms with E-state index in [2.05, 4.69) is 29.4 Å². The minimum Gasteiger partial charge on any atom is -0.383 e. The molecule has 19 heavy (non-hydrogen) atoms. The Bertz CT molecular complexity index is 324. The van der Waals surface area contributed by atoms with Crippen LogP contribution < -0.4 is 5.32 Å². The van der Waals surface area contributed by atoms with Crippen molar-refractivity contribution in [1.82, 2.24) is 15.5 Å². The second-order valence-electron chi connectivity index (χ2n) is 4.80. The number of ether oxygens (including phenoxy) is 1. The fraction of sp³-hybridized carbons (Fsp3) is 0.857. The zero-order valence-corrected chi connectivity index (χ0v) is 13.3. The average Bonchev–Trinajstić information content (AvgIpc) is 2.87. The highest BCUT2D eigenvalue weighted by Crippen LogP contribution is 2.28. The van der Waals surface area contributed by atoms with Crippen molar-refractivity contribution in [1.29, 1.82) is 0 Å². The number of hydrogen-bond acceptors (Lipinski definition) is 5. The molecule has 0 saturated carbocycles. The van der Waals surface area contributed by atoms with Gasteiger partial charge >= 0.3 is 0 Å². The Balaban J connectivity index is 2.37. The first-order valence-corrected chi connectivity index (χ1v) is 8.15. The zero-order valence-electron chi connectivity index (χ0n) is 12.4. The molecule has 1 N–H and O–H groups in total. The van der Waals surface area contributed by atoms with E-state index in [-0.39, 0.29) is 0 Å². The van der Waals surface area contributed by atoms with Gasteiger partial charge in [0.25, 0.3) is 0 Å². The largest absolute Gasteiger partial charge is 0.383 e. The summed E-state index contributed by atoms with van der Waals surface area (Å²) in [6.07, 6.45) is 5.87. The standard InChI is InChI=1S/C14H27N3OS/c1-4-6-12(7-5-2)14-17-16-13(19-14)8-9-15-10-11-18-3/h12,15H,4-11H2,1-3H3. The minimum absolute atomic E-state index is 0.614. The Labute approximate surface area is 121 Å². The van der Waals surface area contributed by atoms with Crippen molar-refractivity contribution in [3.05, 3.63) is 10.0 Å². The maximum Gasteiger partial charge on any atom is 0.120 e. The molecule has 0 aliphatic carbocycles. The number of rotatable bonds is 11. The number of aromatic nitrogens is 2. The van der Waals surface area contributed by atoms with E-state index >= 15 is 0 Å². The molecule has 0 spiro atoms. The molecule has 0 aliphatic rings. The molecular weight excluding hydrogens is 258 g/mol. The molecule has 1 aromatic rings. The summed E-state index contributed by atoms with van der Waals surface area (Å²) in [5.74, 6) is 0.614. The van der Waals surface area contributed by atoms with Crippen molar-refractivity contribution in [2.24, 2.45) is 0 Å². The van der Waals surface area contributed by atoms with Gasteiger partial charge in [-0.15, -0.1) is 21.5 Å². The molecule has 0 radical (unpaired) electrons. The molecule has 0 bridgehead atoms. The summed E-state index contributed by atoms with van der Waals surface area (Å²) < 4.78 is 5.00. The van der Waals surface area contributed by atoms with Crippen LogP contribution in [-0.2, 0) is 11.2 Å². The molecule has 0 unspecified atom stereocenters. The first-order valence-electron chi connectivity index (χ1n) is 7.33. The van der Waals surface area contributed by atoms with Crippen LogP contribution in [0, 0.1) is 0 Å². The van der Waals surface area contributed by atoms with Crippen molar-refractivity contribution in [2.45, 2.75) is 51.9 Å². The van der Waals surface area contributed by atoms with Gasteiger partial charge in [-0.1, -0.05) is 26.7 Å². The van der Waals surface area contributed by atoms with Crippen LogP contribution in [0.1, 0.15) is 55.5 Å². The maximum atomic E-state index is 5.00. The molecule has 0 saturated heterocycles. The zero-order chi connectivity index (χ0) is 13.9. The van der Waals surface area contributed by atoms with Gasteiger partial charge in [-0.2, -0.15) is 0 Å². The molecular formula is C14H27N3OS. The highest BCUT2D eigenvalue weighted by molar-refractivity contribution is 7.11. The summed E-state index contributed by atoms with van der Waals surface area (Å²) >= 11 is 1.79. The van der Waals surface area contributed by atoms with Gasteiger partial charge in [-0.05, 0) is 12.8 Å².